The maximum atomic E-state index is 12.5. The molecule has 2 heteroatoms. The van der Waals surface area contributed by atoms with E-state index in [0.717, 1.165) is 17.9 Å². The summed E-state index contributed by atoms with van der Waals surface area (Å²) in [4.78, 5) is 12.5. The van der Waals surface area contributed by atoms with Crippen molar-refractivity contribution in [3.05, 3.63) is 35.6 Å². The zero-order valence-electron chi connectivity index (χ0n) is 12.3. The fourth-order valence-corrected chi connectivity index (χ4v) is 4.83. The molecule has 0 aromatic rings. The number of carbonyl (C=O) groups is 1. The van der Waals surface area contributed by atoms with Gasteiger partial charge in [-0.3, -0.25) is 4.79 Å². The molecule has 0 aromatic carbocycles. The Bertz CT molecular complexity index is 492. The van der Waals surface area contributed by atoms with Crippen LogP contribution in [0.5, 0.6) is 0 Å². The molecule has 0 radical (unpaired) electrons. The molecular formula is C17H24OSi. The van der Waals surface area contributed by atoms with Crippen LogP contribution in [0.15, 0.2) is 35.6 Å². The zero-order valence-corrected chi connectivity index (χ0v) is 13.3. The molecule has 19 heavy (non-hydrogen) atoms. The maximum Gasteiger partial charge on any atom is 0.181 e. The normalized spacial score (nSPS) is 36.7. The Balaban J connectivity index is 1.79. The predicted molar refractivity (Wildman–Crippen MR) is 82.6 cm³/mol. The fraction of sp³-hybridized carbons (Fsp3) is 0.588. The highest BCUT2D eigenvalue weighted by atomic mass is 28.3. The van der Waals surface area contributed by atoms with Gasteiger partial charge in [0.1, 0.15) is 0 Å². The first-order chi connectivity index (χ1) is 8.92. The molecule has 1 fully saturated rings. The SMILES string of the molecule is C[Si](C)(C)/C=C/C(=O)C1=CC[C@@]23C=CC[C@@H]2CC[C@@H]13. The Kier molecular flexibility index (Phi) is 2.97. The van der Waals surface area contributed by atoms with Crippen LogP contribution in [0.4, 0.5) is 0 Å². The summed E-state index contributed by atoms with van der Waals surface area (Å²) in [5, 5.41) is 0. The minimum absolute atomic E-state index is 0.283. The summed E-state index contributed by atoms with van der Waals surface area (Å²) in [6.45, 7) is 6.81. The van der Waals surface area contributed by atoms with Gasteiger partial charge in [-0.25, -0.2) is 0 Å². The van der Waals surface area contributed by atoms with E-state index in [1.165, 1.54) is 19.3 Å². The van der Waals surface area contributed by atoms with Crippen LogP contribution in [0, 0.1) is 17.3 Å². The topological polar surface area (TPSA) is 17.1 Å². The number of hydrogen-bond acceptors (Lipinski definition) is 1. The van der Waals surface area contributed by atoms with E-state index in [4.69, 9.17) is 0 Å². The van der Waals surface area contributed by atoms with Crippen LogP contribution in [-0.4, -0.2) is 13.9 Å². The van der Waals surface area contributed by atoms with Gasteiger partial charge in [0.25, 0.3) is 0 Å². The smallest absolute Gasteiger partial charge is 0.181 e. The van der Waals surface area contributed by atoms with E-state index < -0.39 is 8.07 Å². The van der Waals surface area contributed by atoms with Crippen LogP contribution < -0.4 is 0 Å². The summed E-state index contributed by atoms with van der Waals surface area (Å²) in [5.41, 5.74) is 3.62. The van der Waals surface area contributed by atoms with Crippen LogP contribution in [0.25, 0.3) is 0 Å². The van der Waals surface area contributed by atoms with Gasteiger partial charge in [0, 0.05) is 5.41 Å². The van der Waals surface area contributed by atoms with Crippen molar-refractivity contribution < 1.29 is 4.79 Å². The monoisotopic (exact) mass is 272 g/mol. The molecule has 0 amide bonds. The second-order valence-corrected chi connectivity index (χ2v) is 12.6. The third kappa shape index (κ3) is 2.10. The highest BCUT2D eigenvalue weighted by molar-refractivity contribution is 6.81. The minimum atomic E-state index is -1.28. The fourth-order valence-electron chi connectivity index (χ4n) is 4.18. The lowest BCUT2D eigenvalue weighted by molar-refractivity contribution is -0.111. The molecule has 0 N–H and O–H groups in total. The molecular weight excluding hydrogens is 248 g/mol. The molecule has 0 unspecified atom stereocenters. The van der Waals surface area contributed by atoms with E-state index in [-0.39, 0.29) is 5.78 Å². The zero-order chi connectivity index (χ0) is 13.7. The van der Waals surface area contributed by atoms with Gasteiger partial charge in [-0.15, -0.1) is 0 Å². The van der Waals surface area contributed by atoms with Crippen LogP contribution in [-0.2, 0) is 4.79 Å². The van der Waals surface area contributed by atoms with Crippen molar-refractivity contribution in [2.75, 3.05) is 0 Å². The van der Waals surface area contributed by atoms with E-state index in [0.29, 0.717) is 11.3 Å². The highest BCUT2D eigenvalue weighted by Gasteiger charge is 2.54. The lowest BCUT2D eigenvalue weighted by Crippen LogP contribution is -2.25. The van der Waals surface area contributed by atoms with Gasteiger partial charge in [-0.2, -0.15) is 0 Å². The van der Waals surface area contributed by atoms with Gasteiger partial charge in [0.15, 0.2) is 5.78 Å². The quantitative estimate of drug-likeness (QED) is 0.425. The van der Waals surface area contributed by atoms with E-state index in [1.54, 1.807) is 0 Å². The van der Waals surface area contributed by atoms with E-state index >= 15 is 0 Å². The first-order valence-corrected chi connectivity index (χ1v) is 11.1. The van der Waals surface area contributed by atoms with Crippen molar-refractivity contribution in [1.82, 2.24) is 0 Å². The van der Waals surface area contributed by atoms with Crippen LogP contribution in [0.2, 0.25) is 19.6 Å². The molecule has 1 nitrogen and oxygen atoms in total. The Hall–Kier alpha value is -0.893. The lowest BCUT2D eigenvalue weighted by Gasteiger charge is -2.29. The van der Waals surface area contributed by atoms with Crippen molar-refractivity contribution in [3.63, 3.8) is 0 Å². The number of allylic oxidation sites excluding steroid dienone is 5. The molecule has 0 aliphatic heterocycles. The van der Waals surface area contributed by atoms with Crippen LogP contribution in [0.3, 0.4) is 0 Å². The number of ketones is 1. The molecule has 1 spiro atoms. The molecule has 102 valence electrons. The van der Waals surface area contributed by atoms with E-state index in [1.807, 2.05) is 6.08 Å². The van der Waals surface area contributed by atoms with Crippen molar-refractivity contribution in [1.29, 1.82) is 0 Å². The van der Waals surface area contributed by atoms with E-state index in [2.05, 4.69) is 43.6 Å². The second kappa shape index (κ2) is 4.31. The molecule has 0 saturated heterocycles. The molecule has 0 aromatic heterocycles. The van der Waals surface area contributed by atoms with Crippen molar-refractivity contribution in [2.45, 2.75) is 45.3 Å². The summed E-state index contributed by atoms with van der Waals surface area (Å²) in [7, 11) is -1.28. The van der Waals surface area contributed by atoms with E-state index in [9.17, 15) is 4.79 Å². The van der Waals surface area contributed by atoms with Gasteiger partial charge < -0.3 is 0 Å². The summed E-state index contributed by atoms with van der Waals surface area (Å²) in [6.07, 6.45) is 13.7. The molecule has 3 atom stereocenters. The molecule has 1 saturated carbocycles. The van der Waals surface area contributed by atoms with Crippen molar-refractivity contribution in [3.8, 4) is 0 Å². The van der Waals surface area contributed by atoms with Gasteiger partial charge in [-0.1, -0.05) is 43.6 Å². The summed E-state index contributed by atoms with van der Waals surface area (Å²) in [6, 6.07) is 0. The average Bonchev–Trinajstić information content (AvgIpc) is 2.94. The minimum Gasteiger partial charge on any atom is -0.290 e. The van der Waals surface area contributed by atoms with Crippen molar-refractivity contribution >= 4 is 13.9 Å². The standard InChI is InChI=1S/C17H24OSi/c1-19(2,3)12-9-16(18)14-8-11-17-10-4-5-13(17)6-7-15(14)17/h4,8-10,12-13,15H,5-7,11H2,1-3H3/b12-9+/t13-,15+,17+/m1/s1. The summed E-state index contributed by atoms with van der Waals surface area (Å²) < 4.78 is 0. The Labute approximate surface area is 117 Å². The molecule has 0 bridgehead atoms. The summed E-state index contributed by atoms with van der Waals surface area (Å²) >= 11 is 0. The van der Waals surface area contributed by atoms with Crippen LogP contribution in [0.1, 0.15) is 25.7 Å². The molecule has 0 heterocycles. The predicted octanol–water partition coefficient (Wildman–Crippen LogP) is 4.29. The van der Waals surface area contributed by atoms with Crippen LogP contribution >= 0.6 is 0 Å². The molecule has 3 rings (SSSR count). The number of rotatable bonds is 3. The number of hydrogen-bond donors (Lipinski definition) is 0. The van der Waals surface area contributed by atoms with Gasteiger partial charge in [0.2, 0.25) is 0 Å². The molecule has 3 aliphatic rings. The first-order valence-electron chi connectivity index (χ1n) is 7.54. The third-order valence-corrected chi connectivity index (χ3v) is 6.30. The number of carbonyl (C=O) groups excluding carboxylic acids is 1. The van der Waals surface area contributed by atoms with Gasteiger partial charge in [0.05, 0.1) is 8.07 Å². The Morgan fingerprint density at radius 2 is 2.16 bits per heavy atom. The average molecular weight is 272 g/mol. The highest BCUT2D eigenvalue weighted by Crippen LogP contribution is 2.61. The summed E-state index contributed by atoms with van der Waals surface area (Å²) in [5.74, 6) is 1.60. The third-order valence-electron chi connectivity index (χ3n) is 5.13. The first kappa shape index (κ1) is 13.1. The second-order valence-electron chi connectivity index (χ2n) is 7.50. The molecule has 3 aliphatic carbocycles. The lowest BCUT2D eigenvalue weighted by atomic mass is 9.74. The maximum absolute atomic E-state index is 12.5. The van der Waals surface area contributed by atoms with Gasteiger partial charge in [-0.05, 0) is 49.2 Å². The Morgan fingerprint density at radius 3 is 2.89 bits per heavy atom. The van der Waals surface area contributed by atoms with Crippen molar-refractivity contribution in [2.24, 2.45) is 17.3 Å². The Morgan fingerprint density at radius 1 is 1.37 bits per heavy atom. The largest absolute Gasteiger partial charge is 0.290 e. The van der Waals surface area contributed by atoms with Gasteiger partial charge >= 0.3 is 0 Å².